The normalized spacial score (nSPS) is 16.7. The van der Waals surface area contributed by atoms with Crippen LogP contribution in [-0.2, 0) is 11.7 Å². The summed E-state index contributed by atoms with van der Waals surface area (Å²) < 4.78 is 41.1. The fourth-order valence-electron chi connectivity index (χ4n) is 3.84. The van der Waals surface area contributed by atoms with E-state index in [0.717, 1.165) is 49.9 Å². The molecule has 0 atom stereocenters. The average Bonchev–Trinajstić information content (AvgIpc) is 3.20. The van der Waals surface area contributed by atoms with E-state index in [9.17, 15) is 13.2 Å². The van der Waals surface area contributed by atoms with Crippen LogP contribution in [0.3, 0.4) is 0 Å². The van der Waals surface area contributed by atoms with E-state index in [-0.39, 0.29) is 0 Å². The van der Waals surface area contributed by atoms with Crippen LogP contribution in [0.15, 0.2) is 54.6 Å². The zero-order chi connectivity index (χ0) is 19.6. The Kier molecular flexibility index (Phi) is 4.78. The van der Waals surface area contributed by atoms with Gasteiger partial charge in [0.2, 0.25) is 0 Å². The number of tetrazole rings is 1. The summed E-state index contributed by atoms with van der Waals surface area (Å²) in [6.45, 7) is 0. The first-order chi connectivity index (χ1) is 13.5. The number of nitrogens with zero attached hydrogens (tertiary/aromatic N) is 4. The summed E-state index contributed by atoms with van der Waals surface area (Å²) in [5, 5.41) is 15.6. The van der Waals surface area contributed by atoms with Crippen LogP contribution >= 0.6 is 0 Å². The van der Waals surface area contributed by atoms with Crippen LogP contribution in [0, 0.1) is 0 Å². The summed E-state index contributed by atoms with van der Waals surface area (Å²) in [5.74, 6) is 0.621. The van der Waals surface area contributed by atoms with E-state index in [4.69, 9.17) is 0 Å². The number of anilines is 1. The van der Waals surface area contributed by atoms with Crippen molar-refractivity contribution in [1.82, 2.24) is 20.2 Å². The summed E-state index contributed by atoms with van der Waals surface area (Å²) in [7, 11) is 0. The summed E-state index contributed by atoms with van der Waals surface area (Å²) in [6, 6.07) is 14.8. The highest BCUT2D eigenvalue weighted by molar-refractivity contribution is 5.50. The van der Waals surface area contributed by atoms with E-state index in [0.29, 0.717) is 11.5 Å². The predicted molar refractivity (Wildman–Crippen MR) is 99.0 cm³/mol. The first-order valence-electron chi connectivity index (χ1n) is 9.28. The molecule has 146 valence electrons. The molecule has 0 aliphatic heterocycles. The van der Waals surface area contributed by atoms with Crippen LogP contribution < -0.4 is 5.32 Å². The quantitative estimate of drug-likeness (QED) is 0.688. The van der Waals surface area contributed by atoms with Gasteiger partial charge in [0.25, 0.3) is 0 Å². The molecule has 5 nitrogen and oxygen atoms in total. The van der Waals surface area contributed by atoms with Gasteiger partial charge in [-0.1, -0.05) is 43.5 Å². The van der Waals surface area contributed by atoms with Crippen molar-refractivity contribution in [1.29, 1.82) is 0 Å². The maximum Gasteiger partial charge on any atom is 0.416 e. The highest BCUT2D eigenvalue weighted by Crippen LogP contribution is 2.40. The number of hydrogen-bond acceptors (Lipinski definition) is 4. The Morgan fingerprint density at radius 3 is 2.39 bits per heavy atom. The zero-order valence-electron chi connectivity index (χ0n) is 15.2. The number of alkyl halides is 3. The van der Waals surface area contributed by atoms with Crippen LogP contribution in [0.25, 0.3) is 5.69 Å². The molecule has 0 spiro atoms. The molecule has 1 aromatic heterocycles. The van der Waals surface area contributed by atoms with E-state index < -0.39 is 17.3 Å². The summed E-state index contributed by atoms with van der Waals surface area (Å²) in [4.78, 5) is 0. The Balaban J connectivity index is 1.75. The van der Waals surface area contributed by atoms with Crippen molar-refractivity contribution < 1.29 is 13.2 Å². The molecule has 0 amide bonds. The maximum atomic E-state index is 13.1. The van der Waals surface area contributed by atoms with Gasteiger partial charge in [-0.2, -0.15) is 17.9 Å². The third-order valence-corrected chi connectivity index (χ3v) is 5.18. The Bertz CT molecular complexity index is 930. The first-order valence-corrected chi connectivity index (χ1v) is 9.28. The largest absolute Gasteiger partial charge is 0.416 e. The number of aromatic nitrogens is 4. The SMILES string of the molecule is FC(F)(F)c1cccc(NC2(c3nnnn3-c3ccccc3)CCCCC2)c1. The van der Waals surface area contributed by atoms with Gasteiger partial charge in [-0.25, -0.2) is 0 Å². The van der Waals surface area contributed by atoms with E-state index in [1.165, 1.54) is 6.07 Å². The molecule has 4 rings (SSSR count). The monoisotopic (exact) mass is 387 g/mol. The molecule has 2 aromatic carbocycles. The number of hydrogen-bond donors (Lipinski definition) is 1. The van der Waals surface area contributed by atoms with Gasteiger partial charge in [0.15, 0.2) is 5.82 Å². The summed E-state index contributed by atoms with van der Waals surface area (Å²) in [6.07, 6.45) is 0.0933. The van der Waals surface area contributed by atoms with Crippen molar-refractivity contribution in [3.63, 3.8) is 0 Å². The van der Waals surface area contributed by atoms with Crippen molar-refractivity contribution in [2.24, 2.45) is 0 Å². The van der Waals surface area contributed by atoms with Crippen LogP contribution in [0.2, 0.25) is 0 Å². The van der Waals surface area contributed by atoms with Gasteiger partial charge in [-0.3, -0.25) is 0 Å². The minimum atomic E-state index is -4.39. The van der Waals surface area contributed by atoms with Gasteiger partial charge < -0.3 is 5.32 Å². The van der Waals surface area contributed by atoms with Crippen LogP contribution in [0.5, 0.6) is 0 Å². The minimum absolute atomic E-state index is 0.416. The molecule has 0 saturated heterocycles. The number of rotatable bonds is 4. The molecule has 28 heavy (non-hydrogen) atoms. The van der Waals surface area contributed by atoms with Gasteiger partial charge in [0.1, 0.15) is 0 Å². The molecule has 1 aliphatic rings. The lowest BCUT2D eigenvalue weighted by Gasteiger charge is -2.37. The lowest BCUT2D eigenvalue weighted by Crippen LogP contribution is -2.40. The molecule has 8 heteroatoms. The second-order valence-corrected chi connectivity index (χ2v) is 7.10. The molecule has 1 N–H and O–H groups in total. The highest BCUT2D eigenvalue weighted by atomic mass is 19.4. The first kappa shape index (κ1) is 18.5. The number of halogens is 3. The highest BCUT2D eigenvalue weighted by Gasteiger charge is 2.40. The summed E-state index contributed by atoms with van der Waals surface area (Å²) in [5.41, 5.74) is -0.0642. The molecule has 0 unspecified atom stereocenters. The van der Waals surface area contributed by atoms with Gasteiger partial charge in [0.05, 0.1) is 16.8 Å². The molecule has 1 saturated carbocycles. The van der Waals surface area contributed by atoms with Gasteiger partial charge in [-0.05, 0) is 53.6 Å². The Labute approximate surface area is 160 Å². The molecular weight excluding hydrogens is 367 g/mol. The third-order valence-electron chi connectivity index (χ3n) is 5.18. The molecule has 1 fully saturated rings. The van der Waals surface area contributed by atoms with Crippen molar-refractivity contribution in [3.05, 3.63) is 66.0 Å². The van der Waals surface area contributed by atoms with Crippen LogP contribution in [0.1, 0.15) is 43.5 Å². The van der Waals surface area contributed by atoms with Crippen molar-refractivity contribution >= 4 is 5.69 Å². The number of para-hydroxylation sites is 1. The van der Waals surface area contributed by atoms with Crippen LogP contribution in [-0.4, -0.2) is 20.2 Å². The standard InChI is InChI=1S/C20H20F3N5/c21-20(22,23)15-8-7-9-16(14-15)24-19(12-5-2-6-13-19)18-25-26-27-28(18)17-10-3-1-4-11-17/h1,3-4,7-11,14,24H,2,5-6,12-13H2. The van der Waals surface area contributed by atoms with E-state index in [1.54, 1.807) is 10.7 Å². The van der Waals surface area contributed by atoms with E-state index >= 15 is 0 Å². The van der Waals surface area contributed by atoms with Gasteiger partial charge in [-0.15, -0.1) is 5.10 Å². The fourth-order valence-corrected chi connectivity index (χ4v) is 3.84. The minimum Gasteiger partial charge on any atom is -0.373 e. The van der Waals surface area contributed by atoms with E-state index in [1.807, 2.05) is 30.3 Å². The second-order valence-electron chi connectivity index (χ2n) is 7.10. The average molecular weight is 387 g/mol. The molecule has 0 radical (unpaired) electrons. The third kappa shape index (κ3) is 3.58. The van der Waals surface area contributed by atoms with Gasteiger partial charge in [0, 0.05) is 5.69 Å². The maximum absolute atomic E-state index is 13.1. The smallest absolute Gasteiger partial charge is 0.373 e. The van der Waals surface area contributed by atoms with Crippen molar-refractivity contribution in [3.8, 4) is 5.69 Å². The lowest BCUT2D eigenvalue weighted by molar-refractivity contribution is -0.137. The summed E-state index contributed by atoms with van der Waals surface area (Å²) >= 11 is 0. The van der Waals surface area contributed by atoms with E-state index in [2.05, 4.69) is 20.8 Å². The molecular formula is C20H20F3N5. The molecule has 1 aliphatic carbocycles. The zero-order valence-corrected chi connectivity index (χ0v) is 15.2. The Morgan fingerprint density at radius 1 is 0.929 bits per heavy atom. The van der Waals surface area contributed by atoms with Crippen molar-refractivity contribution in [2.75, 3.05) is 5.32 Å². The molecule has 1 heterocycles. The van der Waals surface area contributed by atoms with Crippen molar-refractivity contribution in [2.45, 2.75) is 43.8 Å². The molecule has 0 bridgehead atoms. The number of benzene rings is 2. The topological polar surface area (TPSA) is 55.6 Å². The van der Waals surface area contributed by atoms with Crippen LogP contribution in [0.4, 0.5) is 18.9 Å². The Morgan fingerprint density at radius 2 is 1.68 bits per heavy atom. The molecule has 3 aromatic rings. The predicted octanol–water partition coefficient (Wildman–Crippen LogP) is 4.95. The fraction of sp³-hybridized carbons (Fsp3) is 0.350. The Hall–Kier alpha value is -2.90. The second kappa shape index (κ2) is 7.26. The number of nitrogens with one attached hydrogen (secondary N) is 1. The van der Waals surface area contributed by atoms with Gasteiger partial charge >= 0.3 is 6.18 Å². The lowest BCUT2D eigenvalue weighted by atomic mass is 9.80.